The molecule has 0 amide bonds. The van der Waals surface area contributed by atoms with Crippen LogP contribution >= 0.6 is 30.8 Å². The molecule has 0 spiro atoms. The monoisotopic (exact) mass is 340 g/mol. The molecule has 1 aromatic carbocycles. The molecular weight excluding hydrogens is 326 g/mol. The highest BCUT2D eigenvalue weighted by atomic mass is 35.5. The minimum Gasteiger partial charge on any atom is -0.313 e. The number of halogens is 2. The number of nitrogens with zero attached hydrogens (tertiary/aromatic N) is 1. The summed E-state index contributed by atoms with van der Waals surface area (Å²) in [6.45, 7) is 0.631. The van der Waals surface area contributed by atoms with Gasteiger partial charge in [-0.05, 0) is 6.07 Å². The standard InChI is InChI=1S/C10H15Cl2N4O3P/c11-4-6-13-20(19,14-7-5-12)15-9-2-1-3-10(8-9)16(17)18/h1-3,8H,4-7H2,(H3,13,14,15,19). The summed E-state index contributed by atoms with van der Waals surface area (Å²) >= 11 is 11.1. The maximum Gasteiger partial charge on any atom is 0.303 e. The SMILES string of the molecule is O=[N+]([O-])c1cccc(NP(=O)(NCCCl)NCCCl)c1. The Morgan fingerprint density at radius 2 is 1.80 bits per heavy atom. The van der Waals surface area contributed by atoms with Crippen LogP contribution in [0.1, 0.15) is 0 Å². The summed E-state index contributed by atoms with van der Waals surface area (Å²) in [5.74, 6) is 0.562. The molecule has 1 rings (SSSR count). The van der Waals surface area contributed by atoms with E-state index in [-0.39, 0.29) is 17.4 Å². The molecule has 7 nitrogen and oxygen atoms in total. The van der Waals surface area contributed by atoms with Gasteiger partial charge in [-0.3, -0.25) is 14.7 Å². The maximum atomic E-state index is 12.6. The maximum absolute atomic E-state index is 12.6. The van der Waals surface area contributed by atoms with Crippen molar-refractivity contribution in [2.45, 2.75) is 0 Å². The van der Waals surface area contributed by atoms with Crippen molar-refractivity contribution in [3.05, 3.63) is 34.4 Å². The third kappa shape index (κ3) is 5.64. The highest BCUT2D eigenvalue weighted by Gasteiger charge is 2.21. The number of hydrogen-bond acceptors (Lipinski definition) is 3. The second-order valence-electron chi connectivity index (χ2n) is 3.72. The zero-order valence-corrected chi connectivity index (χ0v) is 12.9. The molecule has 0 bridgehead atoms. The Labute approximate surface area is 126 Å². The van der Waals surface area contributed by atoms with Crippen molar-refractivity contribution >= 4 is 42.2 Å². The molecule has 3 N–H and O–H groups in total. The molecular formula is C10H15Cl2N4O3P. The van der Waals surface area contributed by atoms with E-state index in [4.69, 9.17) is 23.2 Å². The molecule has 0 atom stereocenters. The van der Waals surface area contributed by atoms with E-state index in [0.29, 0.717) is 18.8 Å². The number of anilines is 1. The fourth-order valence-corrected chi connectivity index (χ4v) is 3.48. The first-order chi connectivity index (χ1) is 9.50. The first-order valence-corrected chi connectivity index (χ1v) is 8.53. The first-order valence-electron chi connectivity index (χ1n) is 5.76. The average Bonchev–Trinajstić information content (AvgIpc) is 2.43. The molecule has 0 fully saturated rings. The molecule has 0 saturated heterocycles. The van der Waals surface area contributed by atoms with Crippen LogP contribution in [0.4, 0.5) is 11.4 Å². The van der Waals surface area contributed by atoms with E-state index in [0.717, 1.165) is 0 Å². The van der Waals surface area contributed by atoms with Crippen molar-refractivity contribution in [1.82, 2.24) is 10.2 Å². The summed E-state index contributed by atoms with van der Waals surface area (Å²) in [7, 11) is -3.17. The van der Waals surface area contributed by atoms with E-state index in [2.05, 4.69) is 15.3 Å². The molecule has 0 aromatic heterocycles. The Morgan fingerprint density at radius 1 is 1.20 bits per heavy atom. The van der Waals surface area contributed by atoms with E-state index in [1.165, 1.54) is 18.2 Å². The zero-order chi connectivity index (χ0) is 15.0. The van der Waals surface area contributed by atoms with Gasteiger partial charge in [0.15, 0.2) is 0 Å². The lowest BCUT2D eigenvalue weighted by atomic mass is 10.3. The van der Waals surface area contributed by atoms with E-state index >= 15 is 0 Å². The summed E-state index contributed by atoms with van der Waals surface area (Å²) in [5, 5.41) is 18.9. The van der Waals surface area contributed by atoms with E-state index in [1.54, 1.807) is 6.07 Å². The summed E-state index contributed by atoms with van der Waals surface area (Å²) in [6.07, 6.45) is 0. The average molecular weight is 341 g/mol. The van der Waals surface area contributed by atoms with Crippen molar-refractivity contribution in [3.8, 4) is 0 Å². The topological polar surface area (TPSA) is 96.3 Å². The largest absolute Gasteiger partial charge is 0.313 e. The highest BCUT2D eigenvalue weighted by molar-refractivity contribution is 7.61. The molecule has 0 aliphatic carbocycles. The first kappa shape index (κ1) is 17.2. The molecule has 0 radical (unpaired) electrons. The second-order valence-corrected chi connectivity index (χ2v) is 6.55. The van der Waals surface area contributed by atoms with Crippen LogP contribution in [0.25, 0.3) is 0 Å². The summed E-state index contributed by atoms with van der Waals surface area (Å²) < 4.78 is 12.6. The highest BCUT2D eigenvalue weighted by Crippen LogP contribution is 2.37. The second kappa shape index (κ2) is 8.44. The lowest BCUT2D eigenvalue weighted by molar-refractivity contribution is -0.384. The van der Waals surface area contributed by atoms with Gasteiger partial charge in [-0.1, -0.05) is 6.07 Å². The normalized spacial score (nSPS) is 11.3. The fraction of sp³-hybridized carbons (Fsp3) is 0.400. The van der Waals surface area contributed by atoms with Gasteiger partial charge in [0, 0.05) is 42.7 Å². The number of rotatable bonds is 9. The quantitative estimate of drug-likeness (QED) is 0.277. The van der Waals surface area contributed by atoms with Crippen LogP contribution in [0.5, 0.6) is 0 Å². The number of benzene rings is 1. The fourth-order valence-electron chi connectivity index (χ4n) is 1.41. The van der Waals surface area contributed by atoms with Gasteiger partial charge in [0.1, 0.15) is 0 Å². The van der Waals surface area contributed by atoms with Crippen LogP contribution in [-0.2, 0) is 4.57 Å². The Bertz CT molecular complexity index is 491. The Kier molecular flexibility index (Phi) is 7.26. The van der Waals surface area contributed by atoms with Crippen molar-refractivity contribution in [3.63, 3.8) is 0 Å². The summed E-state index contributed by atoms with van der Waals surface area (Å²) in [6, 6.07) is 5.75. The summed E-state index contributed by atoms with van der Waals surface area (Å²) in [5.41, 5.74) is 0.280. The third-order valence-corrected chi connectivity index (χ3v) is 4.49. The Hall–Kier alpha value is -0.850. The number of nitro benzene ring substituents is 1. The van der Waals surface area contributed by atoms with Crippen LogP contribution in [0, 0.1) is 10.1 Å². The number of alkyl halides is 2. The third-order valence-electron chi connectivity index (χ3n) is 2.20. The van der Waals surface area contributed by atoms with E-state index in [9.17, 15) is 14.7 Å². The molecule has 0 heterocycles. The smallest absolute Gasteiger partial charge is 0.303 e. The Morgan fingerprint density at radius 3 is 2.30 bits per heavy atom. The number of hydrogen-bond donors (Lipinski definition) is 3. The predicted molar refractivity (Wildman–Crippen MR) is 81.8 cm³/mol. The number of non-ortho nitro benzene ring substituents is 1. The zero-order valence-electron chi connectivity index (χ0n) is 10.5. The number of nitro groups is 1. The van der Waals surface area contributed by atoms with Crippen molar-refractivity contribution in [2.24, 2.45) is 0 Å². The van der Waals surface area contributed by atoms with Crippen LogP contribution in [0.15, 0.2) is 24.3 Å². The van der Waals surface area contributed by atoms with Crippen LogP contribution in [-0.4, -0.2) is 29.8 Å². The molecule has 0 unspecified atom stereocenters. The molecule has 0 aliphatic heterocycles. The van der Waals surface area contributed by atoms with Crippen LogP contribution < -0.4 is 15.3 Å². The molecule has 0 aliphatic rings. The minimum atomic E-state index is -3.17. The van der Waals surface area contributed by atoms with Gasteiger partial charge in [0.05, 0.1) is 4.92 Å². The molecule has 1 aromatic rings. The van der Waals surface area contributed by atoms with Gasteiger partial charge in [0.25, 0.3) is 5.69 Å². The van der Waals surface area contributed by atoms with Gasteiger partial charge in [-0.2, -0.15) is 0 Å². The van der Waals surface area contributed by atoms with Crippen LogP contribution in [0.3, 0.4) is 0 Å². The van der Waals surface area contributed by atoms with Crippen molar-refractivity contribution in [2.75, 3.05) is 29.9 Å². The minimum absolute atomic E-state index is 0.0868. The molecule has 20 heavy (non-hydrogen) atoms. The van der Waals surface area contributed by atoms with Gasteiger partial charge in [0.2, 0.25) is 0 Å². The predicted octanol–water partition coefficient (Wildman–Crippen LogP) is 2.77. The van der Waals surface area contributed by atoms with Crippen molar-refractivity contribution in [1.29, 1.82) is 0 Å². The van der Waals surface area contributed by atoms with E-state index < -0.39 is 12.5 Å². The number of nitrogens with one attached hydrogen (secondary N) is 3. The van der Waals surface area contributed by atoms with Crippen molar-refractivity contribution < 1.29 is 9.49 Å². The molecule has 112 valence electrons. The van der Waals surface area contributed by atoms with Gasteiger partial charge in [-0.15, -0.1) is 23.2 Å². The molecule has 0 saturated carbocycles. The summed E-state index contributed by atoms with van der Waals surface area (Å²) in [4.78, 5) is 10.2. The lowest BCUT2D eigenvalue weighted by Gasteiger charge is -2.21. The molecule has 10 heteroatoms. The van der Waals surface area contributed by atoms with Gasteiger partial charge < -0.3 is 5.09 Å². The van der Waals surface area contributed by atoms with E-state index in [1.807, 2.05) is 0 Å². The van der Waals surface area contributed by atoms with Gasteiger partial charge in [-0.25, -0.2) is 10.2 Å². The van der Waals surface area contributed by atoms with Crippen LogP contribution in [0.2, 0.25) is 0 Å². The Balaban J connectivity index is 2.85. The van der Waals surface area contributed by atoms with Gasteiger partial charge >= 0.3 is 7.59 Å². The lowest BCUT2D eigenvalue weighted by Crippen LogP contribution is -2.29.